The van der Waals surface area contributed by atoms with Gasteiger partial charge in [-0.3, -0.25) is 4.79 Å². The summed E-state index contributed by atoms with van der Waals surface area (Å²) in [5.41, 5.74) is 0. The first-order valence-corrected chi connectivity index (χ1v) is 6.32. The molecular weight excluding hydrogens is 208 g/mol. The summed E-state index contributed by atoms with van der Waals surface area (Å²) in [6, 6.07) is 4.36. The summed E-state index contributed by atoms with van der Waals surface area (Å²) in [5, 5.41) is 8.77. The molecule has 0 saturated heterocycles. The molecular formula is C12H16O2S. The number of carboxylic acid groups (broad SMARTS) is 1. The van der Waals surface area contributed by atoms with E-state index >= 15 is 0 Å². The molecule has 1 aliphatic carbocycles. The lowest BCUT2D eigenvalue weighted by Crippen LogP contribution is -1.99. The van der Waals surface area contributed by atoms with E-state index in [4.69, 9.17) is 5.11 Å². The van der Waals surface area contributed by atoms with Crippen molar-refractivity contribution >= 4 is 17.3 Å². The molecule has 0 aromatic carbocycles. The summed E-state index contributed by atoms with van der Waals surface area (Å²) in [5.74, 6) is -0.217. The summed E-state index contributed by atoms with van der Waals surface area (Å²) >= 11 is 1.86. The van der Waals surface area contributed by atoms with Crippen molar-refractivity contribution in [2.45, 2.75) is 32.6 Å². The molecule has 2 atom stereocenters. The summed E-state index contributed by atoms with van der Waals surface area (Å²) in [6.45, 7) is 2.16. The van der Waals surface area contributed by atoms with Gasteiger partial charge in [0.25, 0.3) is 0 Å². The van der Waals surface area contributed by atoms with E-state index < -0.39 is 5.97 Å². The van der Waals surface area contributed by atoms with Crippen LogP contribution in [0.25, 0.3) is 0 Å². The largest absolute Gasteiger partial charge is 0.481 e. The number of thiophene rings is 1. The van der Waals surface area contributed by atoms with Crippen LogP contribution in [0.4, 0.5) is 0 Å². The van der Waals surface area contributed by atoms with Crippen molar-refractivity contribution in [3.63, 3.8) is 0 Å². The van der Waals surface area contributed by atoms with Crippen molar-refractivity contribution in [2.24, 2.45) is 11.8 Å². The van der Waals surface area contributed by atoms with Crippen molar-refractivity contribution in [3.05, 3.63) is 21.9 Å². The van der Waals surface area contributed by atoms with Crippen LogP contribution in [0.1, 0.15) is 29.5 Å². The van der Waals surface area contributed by atoms with Crippen molar-refractivity contribution in [1.29, 1.82) is 0 Å². The average molecular weight is 224 g/mol. The summed E-state index contributed by atoms with van der Waals surface area (Å²) in [6.07, 6.45) is 4.09. The Morgan fingerprint density at radius 3 is 2.80 bits per heavy atom. The van der Waals surface area contributed by atoms with Gasteiger partial charge >= 0.3 is 5.97 Å². The Labute approximate surface area is 93.9 Å². The van der Waals surface area contributed by atoms with Gasteiger partial charge in [-0.25, -0.2) is 0 Å². The van der Waals surface area contributed by atoms with Gasteiger partial charge in [0.1, 0.15) is 0 Å². The molecule has 1 fully saturated rings. The zero-order valence-corrected chi connectivity index (χ0v) is 9.72. The molecule has 1 aliphatic rings. The van der Waals surface area contributed by atoms with E-state index in [0.29, 0.717) is 5.92 Å². The fraction of sp³-hybridized carbons (Fsp3) is 0.583. The van der Waals surface area contributed by atoms with Gasteiger partial charge in [-0.1, -0.05) is 6.92 Å². The number of rotatable bonds is 5. The van der Waals surface area contributed by atoms with Crippen LogP contribution in [0.3, 0.4) is 0 Å². The van der Waals surface area contributed by atoms with Gasteiger partial charge in [-0.2, -0.15) is 0 Å². The minimum atomic E-state index is -0.611. The van der Waals surface area contributed by atoms with Crippen LogP contribution in [-0.2, 0) is 17.6 Å². The van der Waals surface area contributed by atoms with Gasteiger partial charge in [0, 0.05) is 9.75 Å². The maximum Gasteiger partial charge on any atom is 0.306 e. The maximum atomic E-state index is 10.6. The summed E-state index contributed by atoms with van der Waals surface area (Å²) in [7, 11) is 0. The monoisotopic (exact) mass is 224 g/mol. The molecule has 1 aromatic rings. The molecule has 3 heteroatoms. The first-order valence-electron chi connectivity index (χ1n) is 5.51. The Bertz CT molecular complexity index is 356. The number of carbonyl (C=O) groups is 1. The second-order valence-electron chi connectivity index (χ2n) is 4.20. The van der Waals surface area contributed by atoms with E-state index in [-0.39, 0.29) is 5.92 Å². The van der Waals surface area contributed by atoms with Crippen molar-refractivity contribution in [1.82, 2.24) is 0 Å². The number of carboxylic acids is 1. The van der Waals surface area contributed by atoms with Gasteiger partial charge in [0.2, 0.25) is 0 Å². The van der Waals surface area contributed by atoms with Crippen molar-refractivity contribution in [3.8, 4) is 0 Å². The van der Waals surface area contributed by atoms with Crippen molar-refractivity contribution in [2.75, 3.05) is 0 Å². The second kappa shape index (κ2) is 4.35. The van der Waals surface area contributed by atoms with Gasteiger partial charge in [0.05, 0.1) is 5.92 Å². The molecule has 0 bridgehead atoms. The van der Waals surface area contributed by atoms with Gasteiger partial charge in [-0.05, 0) is 43.7 Å². The van der Waals surface area contributed by atoms with Gasteiger partial charge in [-0.15, -0.1) is 11.3 Å². The predicted molar refractivity (Wildman–Crippen MR) is 61.3 cm³/mol. The molecule has 0 radical (unpaired) electrons. The summed E-state index contributed by atoms with van der Waals surface area (Å²) < 4.78 is 0. The van der Waals surface area contributed by atoms with E-state index in [1.165, 1.54) is 9.75 Å². The van der Waals surface area contributed by atoms with E-state index in [1.807, 2.05) is 11.3 Å². The Hall–Kier alpha value is -0.830. The molecule has 1 N–H and O–H groups in total. The van der Waals surface area contributed by atoms with Crippen LogP contribution in [0.15, 0.2) is 12.1 Å². The number of aryl methyl sites for hydroxylation is 2. The van der Waals surface area contributed by atoms with Crippen LogP contribution in [0, 0.1) is 11.8 Å². The third-order valence-corrected chi connectivity index (χ3v) is 4.36. The Balaban J connectivity index is 1.77. The molecule has 1 aromatic heterocycles. The maximum absolute atomic E-state index is 10.6. The predicted octanol–water partition coefficient (Wildman–Crippen LogP) is 2.96. The zero-order valence-electron chi connectivity index (χ0n) is 8.90. The highest BCUT2D eigenvalue weighted by atomic mass is 32.1. The smallest absolute Gasteiger partial charge is 0.306 e. The second-order valence-corrected chi connectivity index (χ2v) is 5.45. The zero-order chi connectivity index (χ0) is 10.8. The number of hydrogen-bond acceptors (Lipinski definition) is 2. The van der Waals surface area contributed by atoms with E-state index in [0.717, 1.165) is 25.7 Å². The SMILES string of the molecule is CCc1ccc(CCC2CC2C(=O)O)s1. The van der Waals surface area contributed by atoms with Crippen LogP contribution in [0.5, 0.6) is 0 Å². The minimum Gasteiger partial charge on any atom is -0.481 e. The molecule has 0 spiro atoms. The quantitative estimate of drug-likeness (QED) is 0.835. The fourth-order valence-electron chi connectivity index (χ4n) is 1.94. The molecule has 2 nitrogen and oxygen atoms in total. The minimum absolute atomic E-state index is 0.0457. The Morgan fingerprint density at radius 1 is 1.53 bits per heavy atom. The molecule has 0 aliphatic heterocycles. The third-order valence-electron chi connectivity index (χ3n) is 3.07. The van der Waals surface area contributed by atoms with E-state index in [2.05, 4.69) is 19.1 Å². The molecule has 0 amide bonds. The standard InChI is InChI=1S/C12H16O2S/c1-2-9-5-6-10(15-9)4-3-8-7-11(8)12(13)14/h5-6,8,11H,2-4,7H2,1H3,(H,13,14). The third kappa shape index (κ3) is 2.59. The van der Waals surface area contributed by atoms with Gasteiger partial charge < -0.3 is 5.11 Å². The first-order chi connectivity index (χ1) is 7.20. The molecule has 1 saturated carbocycles. The molecule has 2 unspecified atom stereocenters. The Kier molecular flexibility index (Phi) is 3.10. The van der Waals surface area contributed by atoms with E-state index in [1.54, 1.807) is 0 Å². The Morgan fingerprint density at radius 2 is 2.27 bits per heavy atom. The normalized spacial score (nSPS) is 24.1. The van der Waals surface area contributed by atoms with Crippen LogP contribution in [0.2, 0.25) is 0 Å². The highest BCUT2D eigenvalue weighted by Gasteiger charge is 2.42. The molecule has 82 valence electrons. The first kappa shape index (κ1) is 10.7. The topological polar surface area (TPSA) is 37.3 Å². The van der Waals surface area contributed by atoms with Crippen LogP contribution < -0.4 is 0 Å². The fourth-order valence-corrected chi connectivity index (χ4v) is 2.92. The number of aliphatic carboxylic acids is 1. The number of hydrogen-bond donors (Lipinski definition) is 1. The van der Waals surface area contributed by atoms with Crippen LogP contribution >= 0.6 is 11.3 Å². The summed E-state index contributed by atoms with van der Waals surface area (Å²) in [4.78, 5) is 13.5. The highest BCUT2D eigenvalue weighted by Crippen LogP contribution is 2.42. The lowest BCUT2D eigenvalue weighted by Gasteiger charge is -1.95. The molecule has 15 heavy (non-hydrogen) atoms. The molecule has 1 heterocycles. The highest BCUT2D eigenvalue weighted by molar-refractivity contribution is 7.11. The molecule has 2 rings (SSSR count). The van der Waals surface area contributed by atoms with E-state index in [9.17, 15) is 4.79 Å². The average Bonchev–Trinajstić information content (AvgIpc) is 2.86. The van der Waals surface area contributed by atoms with Gasteiger partial charge in [0.15, 0.2) is 0 Å². The van der Waals surface area contributed by atoms with Crippen molar-refractivity contribution < 1.29 is 9.90 Å². The lowest BCUT2D eigenvalue weighted by molar-refractivity contribution is -0.138. The van der Waals surface area contributed by atoms with Crippen LogP contribution in [-0.4, -0.2) is 11.1 Å². The lowest BCUT2D eigenvalue weighted by atomic mass is 10.1.